The zero-order chi connectivity index (χ0) is 16.6. The highest BCUT2D eigenvalue weighted by Gasteiger charge is 2.42. The molecule has 1 aliphatic rings. The first-order valence-corrected chi connectivity index (χ1v) is 7.91. The summed E-state index contributed by atoms with van der Waals surface area (Å²) in [6, 6.07) is 6.99. The van der Waals surface area contributed by atoms with Gasteiger partial charge in [-0.05, 0) is 26.0 Å². The smallest absolute Gasteiger partial charge is 0.416 e. The molecule has 0 radical (unpaired) electrons. The van der Waals surface area contributed by atoms with Crippen LogP contribution in [-0.2, 0) is 9.47 Å². The molecule has 0 aliphatic carbocycles. The van der Waals surface area contributed by atoms with Crippen LogP contribution in [0.1, 0.15) is 24.2 Å². The molecule has 3 rings (SSSR count). The van der Waals surface area contributed by atoms with Crippen LogP contribution in [0.4, 0.5) is 9.93 Å². The summed E-state index contributed by atoms with van der Waals surface area (Å²) in [5.74, 6) is -0.378. The first kappa shape index (κ1) is 15.5. The molecule has 0 atom stereocenters. The van der Waals surface area contributed by atoms with E-state index in [1.54, 1.807) is 29.2 Å². The van der Waals surface area contributed by atoms with E-state index < -0.39 is 5.54 Å². The Hall–Kier alpha value is -2.41. The van der Waals surface area contributed by atoms with Crippen LogP contribution in [0.15, 0.2) is 29.6 Å². The molecule has 0 spiro atoms. The molecule has 1 amide bonds. The largest absolute Gasteiger partial charge is 0.465 e. The van der Waals surface area contributed by atoms with Crippen molar-refractivity contribution in [3.8, 4) is 11.3 Å². The summed E-state index contributed by atoms with van der Waals surface area (Å²) in [5.41, 5.74) is 1.68. The van der Waals surface area contributed by atoms with Gasteiger partial charge >= 0.3 is 12.1 Å². The minimum absolute atomic E-state index is 0.342. The Bertz CT molecular complexity index is 752. The van der Waals surface area contributed by atoms with Crippen molar-refractivity contribution in [3.63, 3.8) is 0 Å². The number of amides is 1. The molecule has 23 heavy (non-hydrogen) atoms. The fourth-order valence-electron chi connectivity index (χ4n) is 2.35. The number of anilines is 1. The van der Waals surface area contributed by atoms with Crippen LogP contribution in [-0.4, -0.2) is 36.3 Å². The highest BCUT2D eigenvalue weighted by molar-refractivity contribution is 7.14. The summed E-state index contributed by atoms with van der Waals surface area (Å²) in [6.07, 6.45) is -0.378. The third-order valence-corrected chi connectivity index (χ3v) is 4.45. The molecule has 1 saturated heterocycles. The topological polar surface area (TPSA) is 68.7 Å². The molecule has 120 valence electrons. The first-order valence-electron chi connectivity index (χ1n) is 7.03. The van der Waals surface area contributed by atoms with Crippen LogP contribution in [0, 0.1) is 0 Å². The average molecular weight is 332 g/mol. The molecule has 1 aliphatic heterocycles. The Morgan fingerprint density at radius 1 is 1.35 bits per heavy atom. The minimum Gasteiger partial charge on any atom is -0.465 e. The van der Waals surface area contributed by atoms with Crippen molar-refractivity contribution in [2.24, 2.45) is 0 Å². The third-order valence-electron chi connectivity index (χ3n) is 3.62. The van der Waals surface area contributed by atoms with E-state index in [0.717, 1.165) is 11.3 Å². The van der Waals surface area contributed by atoms with E-state index in [0.29, 0.717) is 17.3 Å². The van der Waals surface area contributed by atoms with Crippen molar-refractivity contribution in [2.75, 3.05) is 18.6 Å². The number of hydrogen-bond donors (Lipinski definition) is 0. The van der Waals surface area contributed by atoms with Gasteiger partial charge < -0.3 is 9.47 Å². The molecule has 2 aromatic rings. The molecule has 7 heteroatoms. The quantitative estimate of drug-likeness (QED) is 0.806. The van der Waals surface area contributed by atoms with Crippen molar-refractivity contribution in [2.45, 2.75) is 19.4 Å². The maximum Gasteiger partial charge on any atom is 0.416 e. The lowest BCUT2D eigenvalue weighted by Crippen LogP contribution is -2.42. The second-order valence-corrected chi connectivity index (χ2v) is 6.62. The maximum atomic E-state index is 11.9. The molecule has 6 nitrogen and oxygen atoms in total. The van der Waals surface area contributed by atoms with Crippen molar-refractivity contribution < 1.29 is 19.1 Å². The zero-order valence-electron chi connectivity index (χ0n) is 13.0. The highest BCUT2D eigenvalue weighted by atomic mass is 32.1. The van der Waals surface area contributed by atoms with Crippen molar-refractivity contribution in [3.05, 3.63) is 35.2 Å². The fourth-order valence-corrected chi connectivity index (χ4v) is 3.33. The predicted octanol–water partition coefficient (Wildman–Crippen LogP) is 3.33. The molecule has 0 unspecified atom stereocenters. The summed E-state index contributed by atoms with van der Waals surface area (Å²) in [4.78, 5) is 29.5. The van der Waals surface area contributed by atoms with Gasteiger partial charge in [0.05, 0.1) is 23.9 Å². The number of hydrogen-bond acceptors (Lipinski definition) is 6. The summed E-state index contributed by atoms with van der Waals surface area (Å²) in [5, 5.41) is 2.48. The van der Waals surface area contributed by atoms with Gasteiger partial charge in [-0.15, -0.1) is 11.3 Å². The molecule has 0 saturated carbocycles. The highest BCUT2D eigenvalue weighted by Crippen LogP contribution is 2.35. The van der Waals surface area contributed by atoms with E-state index in [1.165, 1.54) is 18.4 Å². The second kappa shape index (κ2) is 5.66. The van der Waals surface area contributed by atoms with Crippen LogP contribution in [0.5, 0.6) is 0 Å². The third kappa shape index (κ3) is 2.79. The molecule has 2 heterocycles. The van der Waals surface area contributed by atoms with E-state index in [2.05, 4.69) is 9.72 Å². The SMILES string of the molecule is COC(=O)c1ccc(-c2csc(N3C(=O)OCC3(C)C)n2)cc1. The summed E-state index contributed by atoms with van der Waals surface area (Å²) in [7, 11) is 1.35. The summed E-state index contributed by atoms with van der Waals surface area (Å²) >= 11 is 1.39. The minimum atomic E-state index is -0.416. The molecular weight excluding hydrogens is 316 g/mol. The van der Waals surface area contributed by atoms with Gasteiger partial charge in [0, 0.05) is 10.9 Å². The number of carbonyl (C=O) groups excluding carboxylic acids is 2. The Balaban J connectivity index is 1.87. The van der Waals surface area contributed by atoms with E-state index >= 15 is 0 Å². The fraction of sp³-hybridized carbons (Fsp3) is 0.312. The molecular formula is C16H16N2O4S. The van der Waals surface area contributed by atoms with Gasteiger partial charge in [-0.25, -0.2) is 19.5 Å². The zero-order valence-corrected chi connectivity index (χ0v) is 13.8. The lowest BCUT2D eigenvalue weighted by Gasteiger charge is -2.24. The predicted molar refractivity (Wildman–Crippen MR) is 86.8 cm³/mol. The van der Waals surface area contributed by atoms with E-state index in [1.807, 2.05) is 19.2 Å². The number of methoxy groups -OCH3 is 1. The number of esters is 1. The average Bonchev–Trinajstić information content (AvgIpc) is 3.11. The van der Waals surface area contributed by atoms with Crippen LogP contribution in [0.3, 0.4) is 0 Å². The van der Waals surface area contributed by atoms with Gasteiger partial charge in [-0.2, -0.15) is 0 Å². The number of rotatable bonds is 3. The molecule has 0 N–H and O–H groups in total. The van der Waals surface area contributed by atoms with Crippen LogP contribution < -0.4 is 4.90 Å². The van der Waals surface area contributed by atoms with E-state index in [9.17, 15) is 9.59 Å². The lowest BCUT2D eigenvalue weighted by molar-refractivity contribution is 0.0600. The molecule has 1 aromatic heterocycles. The number of cyclic esters (lactones) is 1. The maximum absolute atomic E-state index is 11.9. The molecule has 0 bridgehead atoms. The Morgan fingerprint density at radius 2 is 2.04 bits per heavy atom. The Labute approximate surface area is 137 Å². The Kier molecular flexibility index (Phi) is 3.81. The van der Waals surface area contributed by atoms with Gasteiger partial charge in [0.15, 0.2) is 5.13 Å². The summed E-state index contributed by atoms with van der Waals surface area (Å²) in [6.45, 7) is 4.21. The van der Waals surface area contributed by atoms with Crippen LogP contribution in [0.2, 0.25) is 0 Å². The second-order valence-electron chi connectivity index (χ2n) is 5.79. The van der Waals surface area contributed by atoms with Gasteiger partial charge in [0.1, 0.15) is 6.61 Å². The number of ether oxygens (including phenoxy) is 2. The van der Waals surface area contributed by atoms with E-state index in [4.69, 9.17) is 4.74 Å². The van der Waals surface area contributed by atoms with Crippen molar-refractivity contribution in [1.29, 1.82) is 0 Å². The number of nitrogens with zero attached hydrogens (tertiary/aromatic N) is 2. The van der Waals surface area contributed by atoms with Gasteiger partial charge in [0.2, 0.25) is 0 Å². The normalized spacial score (nSPS) is 16.3. The monoisotopic (exact) mass is 332 g/mol. The number of thiazole rings is 1. The molecule has 1 fully saturated rings. The molecule has 1 aromatic carbocycles. The Morgan fingerprint density at radius 3 is 2.61 bits per heavy atom. The number of benzene rings is 1. The van der Waals surface area contributed by atoms with Crippen LogP contribution in [0.25, 0.3) is 11.3 Å². The lowest BCUT2D eigenvalue weighted by atomic mass is 10.1. The van der Waals surface area contributed by atoms with Gasteiger partial charge in [-0.3, -0.25) is 0 Å². The van der Waals surface area contributed by atoms with Gasteiger partial charge in [0.25, 0.3) is 0 Å². The number of carbonyl (C=O) groups is 2. The standard InChI is InChI=1S/C16H16N2O4S/c1-16(2)9-22-15(20)18(16)14-17-12(8-23-14)10-4-6-11(7-5-10)13(19)21-3/h4-8H,9H2,1-3H3. The van der Waals surface area contributed by atoms with Crippen molar-refractivity contribution >= 4 is 28.5 Å². The van der Waals surface area contributed by atoms with Crippen molar-refractivity contribution in [1.82, 2.24) is 4.98 Å². The van der Waals surface area contributed by atoms with Gasteiger partial charge in [-0.1, -0.05) is 12.1 Å². The van der Waals surface area contributed by atoms with E-state index in [-0.39, 0.29) is 12.1 Å². The van der Waals surface area contributed by atoms with Crippen LogP contribution >= 0.6 is 11.3 Å². The first-order chi connectivity index (χ1) is 10.9. The number of aromatic nitrogens is 1. The summed E-state index contributed by atoms with van der Waals surface area (Å²) < 4.78 is 9.78.